The third-order valence-corrected chi connectivity index (χ3v) is 3.82. The van der Waals surface area contributed by atoms with Crippen LogP contribution in [0.4, 0.5) is 5.69 Å². The van der Waals surface area contributed by atoms with Crippen LogP contribution < -0.4 is 5.73 Å². The van der Waals surface area contributed by atoms with Gasteiger partial charge in [0.2, 0.25) is 0 Å². The van der Waals surface area contributed by atoms with Crippen molar-refractivity contribution in [1.82, 2.24) is 20.0 Å². The molecule has 0 aromatic carbocycles. The lowest BCUT2D eigenvalue weighted by atomic mass is 10.2. The second-order valence-corrected chi connectivity index (χ2v) is 5.26. The third-order valence-electron chi connectivity index (χ3n) is 3.82. The molecule has 7 nitrogen and oxygen atoms in total. The molecular formula is C14H19N5O2. The molecule has 21 heavy (non-hydrogen) atoms. The van der Waals surface area contributed by atoms with Crippen molar-refractivity contribution in [3.63, 3.8) is 0 Å². The molecule has 0 unspecified atom stereocenters. The highest BCUT2D eigenvalue weighted by Crippen LogP contribution is 2.16. The highest BCUT2D eigenvalue weighted by Gasteiger charge is 2.26. The number of carbonyl (C=O) groups is 1. The van der Waals surface area contributed by atoms with Crippen molar-refractivity contribution in [1.29, 1.82) is 0 Å². The Hall–Kier alpha value is -2.28. The predicted octanol–water partition coefficient (Wildman–Crippen LogP) is 0.851. The number of rotatable bonds is 3. The van der Waals surface area contributed by atoms with E-state index in [0.717, 1.165) is 31.1 Å². The Morgan fingerprint density at radius 1 is 1.43 bits per heavy atom. The fourth-order valence-corrected chi connectivity index (χ4v) is 2.48. The van der Waals surface area contributed by atoms with E-state index in [-0.39, 0.29) is 5.91 Å². The number of aryl methyl sites for hydroxylation is 1. The van der Waals surface area contributed by atoms with Gasteiger partial charge >= 0.3 is 0 Å². The monoisotopic (exact) mass is 289 g/mol. The Morgan fingerprint density at radius 3 is 2.76 bits per heavy atom. The van der Waals surface area contributed by atoms with Crippen LogP contribution in [0, 0.1) is 6.92 Å². The number of aromatic nitrogens is 2. The number of nitrogens with two attached hydrogens (primary N) is 1. The minimum atomic E-state index is -0.102. The Balaban J connectivity index is 1.58. The van der Waals surface area contributed by atoms with Gasteiger partial charge in [-0.3, -0.25) is 14.8 Å². The number of carbonyl (C=O) groups excluding carboxylic acids is 1. The highest BCUT2D eigenvalue weighted by atomic mass is 16.3. The molecule has 1 amide bonds. The van der Waals surface area contributed by atoms with Crippen molar-refractivity contribution >= 4 is 11.6 Å². The van der Waals surface area contributed by atoms with Gasteiger partial charge in [0, 0.05) is 26.2 Å². The molecule has 0 bridgehead atoms. The van der Waals surface area contributed by atoms with Gasteiger partial charge in [0.1, 0.15) is 5.76 Å². The molecule has 3 N–H and O–H groups in total. The maximum absolute atomic E-state index is 12.4. The van der Waals surface area contributed by atoms with E-state index < -0.39 is 0 Å². The maximum atomic E-state index is 12.4. The Bertz CT molecular complexity index is 611. The molecule has 0 radical (unpaired) electrons. The summed E-state index contributed by atoms with van der Waals surface area (Å²) >= 11 is 0. The molecule has 0 aliphatic carbocycles. The van der Waals surface area contributed by atoms with Gasteiger partial charge in [-0.1, -0.05) is 0 Å². The van der Waals surface area contributed by atoms with E-state index in [1.807, 2.05) is 12.1 Å². The van der Waals surface area contributed by atoms with E-state index in [4.69, 9.17) is 10.2 Å². The summed E-state index contributed by atoms with van der Waals surface area (Å²) in [6, 6.07) is 3.85. The van der Waals surface area contributed by atoms with Crippen molar-refractivity contribution in [2.75, 3.05) is 31.9 Å². The number of piperazine rings is 1. The van der Waals surface area contributed by atoms with E-state index in [9.17, 15) is 4.79 Å². The molecule has 0 spiro atoms. The van der Waals surface area contributed by atoms with E-state index in [0.29, 0.717) is 24.5 Å². The zero-order valence-corrected chi connectivity index (χ0v) is 12.0. The lowest BCUT2D eigenvalue weighted by molar-refractivity contribution is 0.0615. The number of hydrogen-bond donors (Lipinski definition) is 2. The van der Waals surface area contributed by atoms with Gasteiger partial charge in [-0.05, 0) is 19.1 Å². The molecule has 0 atom stereocenters. The number of hydrogen-bond acceptors (Lipinski definition) is 5. The molecule has 2 aromatic rings. The zero-order valence-electron chi connectivity index (χ0n) is 12.0. The van der Waals surface area contributed by atoms with Gasteiger partial charge in [-0.2, -0.15) is 5.10 Å². The van der Waals surface area contributed by atoms with Crippen molar-refractivity contribution in [3.8, 4) is 0 Å². The number of amides is 1. The van der Waals surface area contributed by atoms with Crippen LogP contribution in [0.3, 0.4) is 0 Å². The quantitative estimate of drug-likeness (QED) is 0.874. The average molecular weight is 289 g/mol. The first kappa shape index (κ1) is 13.7. The Labute approximate surface area is 122 Å². The molecule has 112 valence electrons. The Kier molecular flexibility index (Phi) is 3.66. The summed E-state index contributed by atoms with van der Waals surface area (Å²) in [4.78, 5) is 16.4. The number of nitrogens with one attached hydrogen (secondary N) is 1. The van der Waals surface area contributed by atoms with Crippen molar-refractivity contribution < 1.29 is 9.21 Å². The number of aromatic amines is 1. The molecule has 7 heteroatoms. The molecule has 1 saturated heterocycles. The SMILES string of the molecule is Cc1[nH]nc(C(=O)N2CCN(Cc3ccco3)CC2)c1N. The van der Waals surface area contributed by atoms with E-state index >= 15 is 0 Å². The van der Waals surface area contributed by atoms with E-state index in [1.54, 1.807) is 18.1 Å². The number of H-pyrrole nitrogens is 1. The minimum Gasteiger partial charge on any atom is -0.468 e. The van der Waals surface area contributed by atoms with E-state index in [1.165, 1.54) is 0 Å². The fraction of sp³-hybridized carbons (Fsp3) is 0.429. The standard InChI is InChI=1S/C14H19N5O2/c1-10-12(15)13(17-16-10)14(20)19-6-4-18(5-7-19)9-11-3-2-8-21-11/h2-3,8H,4-7,9,15H2,1H3,(H,16,17). The molecular weight excluding hydrogens is 270 g/mol. The molecule has 1 aliphatic heterocycles. The molecule has 1 fully saturated rings. The lowest BCUT2D eigenvalue weighted by Crippen LogP contribution is -2.48. The number of nitrogen functional groups attached to an aromatic ring is 1. The van der Waals surface area contributed by atoms with Crippen LogP contribution in [0.25, 0.3) is 0 Å². The van der Waals surface area contributed by atoms with Crippen molar-refractivity contribution in [2.24, 2.45) is 0 Å². The maximum Gasteiger partial charge on any atom is 0.276 e. The van der Waals surface area contributed by atoms with Gasteiger partial charge in [-0.15, -0.1) is 0 Å². The average Bonchev–Trinajstić information content (AvgIpc) is 3.11. The first-order valence-electron chi connectivity index (χ1n) is 6.99. The van der Waals surface area contributed by atoms with Crippen LogP contribution in [-0.4, -0.2) is 52.1 Å². The summed E-state index contributed by atoms with van der Waals surface area (Å²) in [6.07, 6.45) is 1.68. The van der Waals surface area contributed by atoms with Crippen molar-refractivity contribution in [3.05, 3.63) is 35.5 Å². The number of nitrogens with zero attached hydrogens (tertiary/aromatic N) is 3. The summed E-state index contributed by atoms with van der Waals surface area (Å²) < 4.78 is 5.35. The lowest BCUT2D eigenvalue weighted by Gasteiger charge is -2.33. The normalized spacial score (nSPS) is 16.3. The molecule has 3 rings (SSSR count). The van der Waals surface area contributed by atoms with Gasteiger partial charge in [0.15, 0.2) is 5.69 Å². The second-order valence-electron chi connectivity index (χ2n) is 5.26. The highest BCUT2D eigenvalue weighted by molar-refractivity contribution is 5.97. The van der Waals surface area contributed by atoms with Gasteiger partial charge in [0.25, 0.3) is 5.91 Å². The van der Waals surface area contributed by atoms with Gasteiger partial charge < -0.3 is 15.1 Å². The largest absolute Gasteiger partial charge is 0.468 e. The van der Waals surface area contributed by atoms with Crippen LogP contribution in [0.5, 0.6) is 0 Å². The minimum absolute atomic E-state index is 0.102. The van der Waals surface area contributed by atoms with Crippen LogP contribution in [-0.2, 0) is 6.54 Å². The zero-order chi connectivity index (χ0) is 14.8. The smallest absolute Gasteiger partial charge is 0.276 e. The summed E-state index contributed by atoms with van der Waals surface area (Å²) in [6.45, 7) is 5.56. The van der Waals surface area contributed by atoms with E-state index in [2.05, 4.69) is 15.1 Å². The van der Waals surface area contributed by atoms with Crippen LogP contribution in [0.15, 0.2) is 22.8 Å². The summed E-state index contributed by atoms with van der Waals surface area (Å²) in [5.74, 6) is 0.844. The molecule has 3 heterocycles. The fourth-order valence-electron chi connectivity index (χ4n) is 2.48. The van der Waals surface area contributed by atoms with Crippen LogP contribution in [0.1, 0.15) is 21.9 Å². The second kappa shape index (κ2) is 5.61. The molecule has 1 aliphatic rings. The summed E-state index contributed by atoms with van der Waals surface area (Å²) in [5, 5.41) is 6.75. The first-order chi connectivity index (χ1) is 10.1. The third kappa shape index (κ3) is 2.78. The number of anilines is 1. The summed E-state index contributed by atoms with van der Waals surface area (Å²) in [7, 11) is 0. The number of furan rings is 1. The van der Waals surface area contributed by atoms with Crippen LogP contribution in [0.2, 0.25) is 0 Å². The molecule has 0 saturated carbocycles. The summed E-state index contributed by atoms with van der Waals surface area (Å²) in [5.41, 5.74) is 7.36. The topological polar surface area (TPSA) is 91.4 Å². The first-order valence-corrected chi connectivity index (χ1v) is 6.99. The molecule has 2 aromatic heterocycles. The van der Waals surface area contributed by atoms with Gasteiger partial charge in [-0.25, -0.2) is 0 Å². The Morgan fingerprint density at radius 2 is 2.19 bits per heavy atom. The van der Waals surface area contributed by atoms with Crippen molar-refractivity contribution in [2.45, 2.75) is 13.5 Å². The van der Waals surface area contributed by atoms with Crippen LogP contribution >= 0.6 is 0 Å². The predicted molar refractivity (Wildman–Crippen MR) is 77.6 cm³/mol. The van der Waals surface area contributed by atoms with Gasteiger partial charge in [0.05, 0.1) is 24.2 Å².